The number of carbonyl (C=O) groups is 1. The van der Waals surface area contributed by atoms with Crippen molar-refractivity contribution in [1.29, 1.82) is 0 Å². The summed E-state index contributed by atoms with van der Waals surface area (Å²) in [6.45, 7) is 0. The first kappa shape index (κ1) is 15.5. The van der Waals surface area contributed by atoms with Crippen molar-refractivity contribution < 1.29 is 9.18 Å². The molecule has 2 atom stereocenters. The third-order valence-corrected chi connectivity index (χ3v) is 4.26. The van der Waals surface area contributed by atoms with Gasteiger partial charge in [-0.25, -0.2) is 9.37 Å². The van der Waals surface area contributed by atoms with Crippen molar-refractivity contribution in [2.24, 2.45) is 13.0 Å². The monoisotopic (exact) mass is 313 g/mol. The van der Waals surface area contributed by atoms with Crippen molar-refractivity contribution in [3.8, 4) is 0 Å². The smallest absolute Gasteiger partial charge is 0.224 e. The molecule has 2 unspecified atom stereocenters. The molecule has 0 bridgehead atoms. The molecule has 3 rings (SSSR count). The van der Waals surface area contributed by atoms with Crippen LogP contribution >= 0.6 is 0 Å². The lowest BCUT2D eigenvalue weighted by Crippen LogP contribution is -2.36. The minimum atomic E-state index is -0.588. The summed E-state index contributed by atoms with van der Waals surface area (Å²) in [6, 6.07) is 5.91. The maximum Gasteiger partial charge on any atom is 0.224 e. The van der Waals surface area contributed by atoms with Crippen molar-refractivity contribution >= 4 is 5.91 Å². The molecule has 5 heteroatoms. The van der Waals surface area contributed by atoms with E-state index >= 15 is 0 Å². The first-order valence-electron chi connectivity index (χ1n) is 7.84. The fourth-order valence-electron chi connectivity index (χ4n) is 2.94. The van der Waals surface area contributed by atoms with Gasteiger partial charge >= 0.3 is 0 Å². The van der Waals surface area contributed by atoms with Gasteiger partial charge in [-0.05, 0) is 25.3 Å². The van der Waals surface area contributed by atoms with Crippen LogP contribution in [0.3, 0.4) is 0 Å². The Balaban J connectivity index is 1.90. The maximum absolute atomic E-state index is 14.3. The van der Waals surface area contributed by atoms with E-state index in [9.17, 15) is 9.18 Å². The van der Waals surface area contributed by atoms with E-state index < -0.39 is 6.04 Å². The van der Waals surface area contributed by atoms with Crippen molar-refractivity contribution in [2.75, 3.05) is 0 Å². The summed E-state index contributed by atoms with van der Waals surface area (Å²) in [5.41, 5.74) is 0.432. The maximum atomic E-state index is 14.3. The number of imidazole rings is 1. The topological polar surface area (TPSA) is 46.9 Å². The highest BCUT2D eigenvalue weighted by Gasteiger charge is 2.27. The number of amides is 1. The predicted molar refractivity (Wildman–Crippen MR) is 86.1 cm³/mol. The summed E-state index contributed by atoms with van der Waals surface area (Å²) in [4.78, 5) is 16.9. The van der Waals surface area contributed by atoms with Gasteiger partial charge in [-0.3, -0.25) is 4.79 Å². The van der Waals surface area contributed by atoms with Gasteiger partial charge in [0, 0.05) is 30.9 Å². The number of nitrogens with one attached hydrogen (secondary N) is 1. The molecule has 4 nitrogen and oxygen atoms in total. The molecule has 120 valence electrons. The molecule has 0 saturated heterocycles. The molecule has 1 aliphatic rings. The summed E-state index contributed by atoms with van der Waals surface area (Å²) in [7, 11) is 1.84. The van der Waals surface area contributed by atoms with Crippen molar-refractivity contribution in [1.82, 2.24) is 14.9 Å². The second-order valence-corrected chi connectivity index (χ2v) is 5.84. The van der Waals surface area contributed by atoms with E-state index in [1.54, 1.807) is 35.2 Å². The Kier molecular flexibility index (Phi) is 4.55. The van der Waals surface area contributed by atoms with Gasteiger partial charge in [0.1, 0.15) is 17.7 Å². The number of allylic oxidation sites excluding steroid dienone is 2. The highest BCUT2D eigenvalue weighted by molar-refractivity contribution is 5.79. The highest BCUT2D eigenvalue weighted by Crippen LogP contribution is 2.25. The molecule has 0 aliphatic heterocycles. The van der Waals surface area contributed by atoms with Crippen molar-refractivity contribution in [3.63, 3.8) is 0 Å². The molecule has 1 N–H and O–H groups in total. The average molecular weight is 313 g/mol. The van der Waals surface area contributed by atoms with E-state index in [-0.39, 0.29) is 17.6 Å². The lowest BCUT2D eigenvalue weighted by atomic mass is 9.93. The van der Waals surface area contributed by atoms with E-state index in [0.717, 1.165) is 19.3 Å². The SMILES string of the molecule is Cn1ccnc1C(NC(=O)C1CC=CCC1)c1ccccc1F. The Morgan fingerprint density at radius 2 is 2.22 bits per heavy atom. The lowest BCUT2D eigenvalue weighted by molar-refractivity contribution is -0.125. The van der Waals surface area contributed by atoms with Crippen molar-refractivity contribution in [2.45, 2.75) is 25.3 Å². The third-order valence-electron chi connectivity index (χ3n) is 4.26. The number of carbonyl (C=O) groups excluding carboxylic acids is 1. The lowest BCUT2D eigenvalue weighted by Gasteiger charge is -2.23. The van der Waals surface area contributed by atoms with Gasteiger partial charge in [0.05, 0.1) is 0 Å². The zero-order valence-corrected chi connectivity index (χ0v) is 13.1. The Hall–Kier alpha value is -2.43. The second-order valence-electron chi connectivity index (χ2n) is 5.84. The molecule has 1 amide bonds. The van der Waals surface area contributed by atoms with Crippen LogP contribution in [0.15, 0.2) is 48.8 Å². The molecule has 1 heterocycles. The molecule has 23 heavy (non-hydrogen) atoms. The molecule has 0 radical (unpaired) electrons. The number of aryl methyl sites for hydroxylation is 1. The van der Waals surface area contributed by atoms with Crippen LogP contribution in [-0.2, 0) is 11.8 Å². The predicted octanol–water partition coefficient (Wildman–Crippen LogP) is 3.12. The quantitative estimate of drug-likeness (QED) is 0.882. The molecule has 1 aromatic carbocycles. The number of benzene rings is 1. The molecule has 1 aliphatic carbocycles. The van der Waals surface area contributed by atoms with Gasteiger partial charge in [0.2, 0.25) is 5.91 Å². The highest BCUT2D eigenvalue weighted by atomic mass is 19.1. The molecular weight excluding hydrogens is 293 g/mol. The van der Waals surface area contributed by atoms with E-state index in [1.807, 2.05) is 13.1 Å². The average Bonchev–Trinajstić information content (AvgIpc) is 3.00. The van der Waals surface area contributed by atoms with Crippen LogP contribution in [-0.4, -0.2) is 15.5 Å². The summed E-state index contributed by atoms with van der Waals surface area (Å²) in [5.74, 6) is 0.166. The summed E-state index contributed by atoms with van der Waals surface area (Å²) in [5, 5.41) is 2.99. The largest absolute Gasteiger partial charge is 0.342 e. The zero-order valence-electron chi connectivity index (χ0n) is 13.1. The van der Waals surface area contributed by atoms with Crippen molar-refractivity contribution in [3.05, 3.63) is 66.0 Å². The fraction of sp³-hybridized carbons (Fsp3) is 0.333. The Morgan fingerprint density at radius 1 is 1.39 bits per heavy atom. The van der Waals surface area contributed by atoms with E-state index in [1.165, 1.54) is 6.07 Å². The number of halogens is 1. The Labute approximate surface area is 135 Å². The molecule has 2 aromatic rings. The Morgan fingerprint density at radius 3 is 2.87 bits per heavy atom. The van der Waals surface area contributed by atoms with Crippen LogP contribution in [0.1, 0.15) is 36.7 Å². The zero-order chi connectivity index (χ0) is 16.2. The minimum Gasteiger partial charge on any atom is -0.342 e. The van der Waals surface area contributed by atoms with E-state index in [2.05, 4.69) is 16.4 Å². The minimum absolute atomic E-state index is 0.0504. The first-order chi connectivity index (χ1) is 11.2. The van der Waals surface area contributed by atoms with Gasteiger partial charge < -0.3 is 9.88 Å². The van der Waals surface area contributed by atoms with Crippen LogP contribution in [0.4, 0.5) is 4.39 Å². The molecule has 0 fully saturated rings. The van der Waals surface area contributed by atoms with Crippen LogP contribution in [0.2, 0.25) is 0 Å². The van der Waals surface area contributed by atoms with Crippen LogP contribution in [0.5, 0.6) is 0 Å². The van der Waals surface area contributed by atoms with E-state index in [0.29, 0.717) is 11.4 Å². The summed E-state index contributed by atoms with van der Waals surface area (Å²) in [6.07, 6.45) is 10.0. The normalized spacial score (nSPS) is 18.6. The number of nitrogens with zero attached hydrogens (tertiary/aromatic N) is 2. The first-order valence-corrected chi connectivity index (χ1v) is 7.84. The number of hydrogen-bond donors (Lipinski definition) is 1. The molecule has 1 aromatic heterocycles. The van der Waals surface area contributed by atoms with Crippen LogP contribution in [0, 0.1) is 11.7 Å². The summed E-state index contributed by atoms with van der Waals surface area (Å²) >= 11 is 0. The number of hydrogen-bond acceptors (Lipinski definition) is 2. The van der Waals surface area contributed by atoms with Gasteiger partial charge in [-0.15, -0.1) is 0 Å². The third kappa shape index (κ3) is 3.33. The van der Waals surface area contributed by atoms with Crippen LogP contribution in [0.25, 0.3) is 0 Å². The van der Waals surface area contributed by atoms with Gasteiger partial charge in [-0.1, -0.05) is 30.4 Å². The standard InChI is InChI=1S/C18H20FN3O/c1-22-12-11-20-17(22)16(14-9-5-6-10-15(14)19)21-18(23)13-7-3-2-4-8-13/h2-3,5-6,9-13,16H,4,7-8H2,1H3,(H,21,23). The Bertz CT molecular complexity index is 723. The molecule has 0 spiro atoms. The van der Waals surface area contributed by atoms with Crippen LogP contribution < -0.4 is 5.32 Å². The van der Waals surface area contributed by atoms with Gasteiger partial charge in [-0.2, -0.15) is 0 Å². The second kappa shape index (κ2) is 6.77. The summed E-state index contributed by atoms with van der Waals surface area (Å²) < 4.78 is 16.1. The molecule has 0 saturated carbocycles. The molecular formula is C18H20FN3O. The number of rotatable bonds is 4. The fourth-order valence-corrected chi connectivity index (χ4v) is 2.94. The van der Waals surface area contributed by atoms with Gasteiger partial charge in [0.15, 0.2) is 0 Å². The van der Waals surface area contributed by atoms with Gasteiger partial charge in [0.25, 0.3) is 0 Å². The van der Waals surface area contributed by atoms with E-state index in [4.69, 9.17) is 0 Å². The number of aromatic nitrogens is 2.